The summed E-state index contributed by atoms with van der Waals surface area (Å²) in [6.45, 7) is 5.72. The number of nitrogens with zero attached hydrogens (tertiary/aromatic N) is 4. The maximum Gasteiger partial charge on any atom is 0.409 e. The van der Waals surface area contributed by atoms with Gasteiger partial charge in [-0.3, -0.25) is 24.0 Å². The van der Waals surface area contributed by atoms with Crippen LogP contribution in [0.5, 0.6) is 5.75 Å². The van der Waals surface area contributed by atoms with Crippen LogP contribution in [0.15, 0.2) is 24.3 Å². The van der Waals surface area contributed by atoms with Crippen molar-refractivity contribution in [1.29, 1.82) is 0 Å². The van der Waals surface area contributed by atoms with Gasteiger partial charge >= 0.3 is 12.1 Å². The molecular formula is C41H56N6O9. The van der Waals surface area contributed by atoms with Gasteiger partial charge in [0, 0.05) is 56.6 Å². The van der Waals surface area contributed by atoms with Crippen molar-refractivity contribution in [2.24, 2.45) is 5.92 Å². The Balaban J connectivity index is 1.14. The van der Waals surface area contributed by atoms with Crippen molar-refractivity contribution in [3.8, 4) is 5.75 Å². The average Bonchev–Trinajstić information content (AvgIpc) is 3.61. The van der Waals surface area contributed by atoms with Crippen LogP contribution in [-0.2, 0) is 28.7 Å². The Bertz CT molecular complexity index is 1750. The highest BCUT2D eigenvalue weighted by molar-refractivity contribution is 5.99. The Hall–Kier alpha value is -4.95. The molecule has 304 valence electrons. The zero-order valence-corrected chi connectivity index (χ0v) is 32.7. The number of carbonyl (C=O) groups is 6. The quantitative estimate of drug-likeness (QED) is 0.188. The number of nitrogens with one attached hydrogen (secondary N) is 2. The molecule has 15 nitrogen and oxygen atoms in total. The maximum atomic E-state index is 14.0. The summed E-state index contributed by atoms with van der Waals surface area (Å²) in [7, 11) is 0. The fourth-order valence-electron chi connectivity index (χ4n) is 7.56. The van der Waals surface area contributed by atoms with Crippen LogP contribution in [0.3, 0.4) is 0 Å². The van der Waals surface area contributed by atoms with E-state index < -0.39 is 30.1 Å². The van der Waals surface area contributed by atoms with Crippen LogP contribution in [0.25, 0.3) is 10.9 Å². The molecule has 4 fully saturated rings. The Morgan fingerprint density at radius 2 is 1.64 bits per heavy atom. The smallest absolute Gasteiger partial charge is 0.409 e. The molecule has 2 aliphatic carbocycles. The molecule has 56 heavy (non-hydrogen) atoms. The Labute approximate surface area is 328 Å². The van der Waals surface area contributed by atoms with Crippen molar-refractivity contribution in [3.05, 3.63) is 35.5 Å². The normalized spacial score (nSPS) is 19.1. The highest BCUT2D eigenvalue weighted by Gasteiger charge is 2.37. The van der Waals surface area contributed by atoms with Gasteiger partial charge in [0.25, 0.3) is 11.8 Å². The van der Waals surface area contributed by atoms with Gasteiger partial charge in [0.15, 0.2) is 6.61 Å². The van der Waals surface area contributed by atoms with Gasteiger partial charge in [0.2, 0.25) is 11.8 Å². The number of aryl methyl sites for hydroxylation is 1. The second-order valence-electron chi connectivity index (χ2n) is 15.5. The molecule has 4 aliphatic rings. The van der Waals surface area contributed by atoms with Crippen molar-refractivity contribution < 1.29 is 43.0 Å². The van der Waals surface area contributed by atoms with Crippen LogP contribution in [0.1, 0.15) is 100 Å². The second kappa shape index (κ2) is 19.3. The third-order valence-electron chi connectivity index (χ3n) is 11.1. The number of rotatable bonds is 16. The number of likely N-dealkylation sites (tertiary alicyclic amines) is 1. The Morgan fingerprint density at radius 1 is 0.893 bits per heavy atom. The lowest BCUT2D eigenvalue weighted by molar-refractivity contribution is -0.145. The van der Waals surface area contributed by atoms with Gasteiger partial charge in [-0.1, -0.05) is 32.3 Å². The molecule has 1 aromatic carbocycles. The summed E-state index contributed by atoms with van der Waals surface area (Å²) in [4.78, 5) is 88.9. The molecule has 15 heteroatoms. The first-order chi connectivity index (χ1) is 27.1. The Morgan fingerprint density at radius 3 is 2.38 bits per heavy atom. The van der Waals surface area contributed by atoms with Crippen molar-refractivity contribution in [2.75, 3.05) is 52.5 Å². The number of esters is 1. The summed E-state index contributed by atoms with van der Waals surface area (Å²) >= 11 is 0. The number of carbonyl (C=O) groups excluding carboxylic acids is 6. The van der Waals surface area contributed by atoms with Crippen LogP contribution in [0.2, 0.25) is 0 Å². The highest BCUT2D eigenvalue weighted by Crippen LogP contribution is 2.28. The van der Waals surface area contributed by atoms with Gasteiger partial charge in [-0.15, -0.1) is 0 Å². The lowest BCUT2D eigenvalue weighted by Crippen LogP contribution is -2.56. The lowest BCUT2D eigenvalue weighted by Gasteiger charge is -2.36. The molecule has 2 aliphatic heterocycles. The number of hydrogen-bond acceptors (Lipinski definition) is 10. The molecule has 5 amide bonds. The van der Waals surface area contributed by atoms with E-state index in [-0.39, 0.29) is 80.8 Å². The molecule has 2 atom stereocenters. The number of amides is 5. The van der Waals surface area contributed by atoms with E-state index >= 15 is 0 Å². The fourth-order valence-corrected chi connectivity index (χ4v) is 7.56. The van der Waals surface area contributed by atoms with Gasteiger partial charge in [0.05, 0.1) is 18.7 Å². The number of ether oxygens (including phenoxy) is 3. The number of hydrogen-bond donors (Lipinski definition) is 2. The third-order valence-corrected chi connectivity index (χ3v) is 11.1. The molecule has 0 unspecified atom stereocenters. The average molecular weight is 777 g/mol. The molecule has 0 radical (unpaired) electrons. The minimum atomic E-state index is -1.08. The van der Waals surface area contributed by atoms with Gasteiger partial charge in [-0.25, -0.2) is 9.78 Å². The van der Waals surface area contributed by atoms with Gasteiger partial charge in [0.1, 0.15) is 23.5 Å². The fraction of sp³-hybridized carbons (Fsp3) is 0.634. The zero-order valence-electron chi connectivity index (χ0n) is 32.7. The molecule has 0 bridgehead atoms. The van der Waals surface area contributed by atoms with Gasteiger partial charge in [-0.05, 0) is 81.9 Å². The highest BCUT2D eigenvalue weighted by atomic mass is 16.6. The van der Waals surface area contributed by atoms with Crippen LogP contribution in [0.4, 0.5) is 4.79 Å². The van der Waals surface area contributed by atoms with E-state index in [0.29, 0.717) is 43.0 Å². The summed E-state index contributed by atoms with van der Waals surface area (Å²) in [5.74, 6) is -1.34. The van der Waals surface area contributed by atoms with Crippen molar-refractivity contribution in [2.45, 2.75) is 109 Å². The van der Waals surface area contributed by atoms with E-state index in [1.54, 1.807) is 20.8 Å². The first-order valence-corrected chi connectivity index (χ1v) is 20.4. The SMILES string of the molecule is CCCCOC(=O)N1CCN(C(=O)[C@H](CCC(=O)OCC2CCCC2)NC(=O)c2cc(OCC(=O)N3CCC[C@H]3C(=O)NC3CC3)c3ccc(C)cc3n2)CC1. The topological polar surface area (TPSA) is 177 Å². The lowest BCUT2D eigenvalue weighted by atomic mass is 10.1. The molecule has 6 rings (SSSR count). The number of unbranched alkanes of at least 4 members (excludes halogenated alkanes) is 1. The molecule has 2 saturated heterocycles. The minimum absolute atomic E-state index is 0.00320. The molecule has 2 N–H and O–H groups in total. The summed E-state index contributed by atoms with van der Waals surface area (Å²) in [6.07, 6.45) is 8.69. The van der Waals surface area contributed by atoms with E-state index in [0.717, 1.165) is 63.4 Å². The second-order valence-corrected chi connectivity index (χ2v) is 15.5. The van der Waals surface area contributed by atoms with Crippen LogP contribution >= 0.6 is 0 Å². The molecule has 0 spiro atoms. The van der Waals surface area contributed by atoms with E-state index in [1.165, 1.54) is 6.07 Å². The van der Waals surface area contributed by atoms with Crippen molar-refractivity contribution in [3.63, 3.8) is 0 Å². The first-order valence-electron chi connectivity index (χ1n) is 20.4. The maximum absolute atomic E-state index is 14.0. The number of fused-ring (bicyclic) bond motifs is 1. The molecule has 1 aromatic heterocycles. The predicted octanol–water partition coefficient (Wildman–Crippen LogP) is 3.88. The molecule has 2 saturated carbocycles. The van der Waals surface area contributed by atoms with Crippen molar-refractivity contribution >= 4 is 46.6 Å². The van der Waals surface area contributed by atoms with E-state index in [4.69, 9.17) is 14.2 Å². The molecular weight excluding hydrogens is 720 g/mol. The largest absolute Gasteiger partial charge is 0.483 e. The summed E-state index contributed by atoms with van der Waals surface area (Å²) in [5.41, 5.74) is 1.32. The molecule has 3 heterocycles. The third kappa shape index (κ3) is 10.9. The summed E-state index contributed by atoms with van der Waals surface area (Å²) in [5, 5.41) is 6.41. The first kappa shape index (κ1) is 40.7. The molecule has 2 aromatic rings. The van der Waals surface area contributed by atoms with Crippen LogP contribution in [-0.4, -0.2) is 126 Å². The van der Waals surface area contributed by atoms with Gasteiger partial charge in [-0.2, -0.15) is 0 Å². The number of pyridine rings is 1. The van der Waals surface area contributed by atoms with E-state index in [2.05, 4.69) is 15.6 Å². The summed E-state index contributed by atoms with van der Waals surface area (Å²) in [6, 6.07) is 5.50. The standard InChI is InChI=1S/C41H56N6O9/c1-3-4-22-54-41(53)46-20-18-45(19-21-46)40(52)31(15-16-37(49)56-25-28-8-5-6-9-28)44-38(50)33-24-35(30-14-11-27(2)23-32(30)43-33)55-26-36(48)47-17-7-10-34(47)39(51)42-29-12-13-29/h11,14,23-24,28-29,31,34H,3-10,12-13,15-22,25-26H2,1-2H3,(H,42,51)(H,44,50)/t31-,34-/m0/s1. The predicted molar refractivity (Wildman–Crippen MR) is 206 cm³/mol. The Kier molecular flexibility index (Phi) is 14.0. The van der Waals surface area contributed by atoms with Crippen molar-refractivity contribution in [1.82, 2.24) is 30.3 Å². The number of aromatic nitrogens is 1. The number of benzene rings is 1. The van der Waals surface area contributed by atoms with E-state index in [1.807, 2.05) is 26.0 Å². The minimum Gasteiger partial charge on any atom is -0.483 e. The number of piperazine rings is 1. The van der Waals surface area contributed by atoms with Gasteiger partial charge < -0.3 is 39.5 Å². The monoisotopic (exact) mass is 776 g/mol. The van der Waals surface area contributed by atoms with Crippen LogP contribution in [0, 0.1) is 12.8 Å². The van der Waals surface area contributed by atoms with Crippen LogP contribution < -0.4 is 15.4 Å². The summed E-state index contributed by atoms with van der Waals surface area (Å²) < 4.78 is 17.0. The van der Waals surface area contributed by atoms with E-state index in [9.17, 15) is 28.8 Å². The zero-order chi connectivity index (χ0) is 39.6.